The zero-order valence-electron chi connectivity index (χ0n) is 15.1. The molecule has 2 aromatic rings. The van der Waals surface area contributed by atoms with Crippen molar-refractivity contribution in [2.24, 2.45) is 0 Å². The number of amides is 1. The van der Waals surface area contributed by atoms with Gasteiger partial charge in [-0.1, -0.05) is 0 Å². The highest BCUT2D eigenvalue weighted by Crippen LogP contribution is 2.27. The number of nitrogens with one attached hydrogen (secondary N) is 2. The van der Waals surface area contributed by atoms with E-state index in [4.69, 9.17) is 9.47 Å². The summed E-state index contributed by atoms with van der Waals surface area (Å²) in [4.78, 5) is 17.2. The van der Waals surface area contributed by atoms with E-state index in [9.17, 15) is 26.4 Å². The summed E-state index contributed by atoms with van der Waals surface area (Å²) in [6.45, 7) is -1.53. The Morgan fingerprint density at radius 3 is 2.41 bits per heavy atom. The number of aromatic nitrogens is 1. The molecule has 0 saturated heterocycles. The maximum absolute atomic E-state index is 12.4. The average molecular weight is 435 g/mol. The number of nitrogens with zero attached hydrogens (tertiary/aromatic N) is 1. The number of hydrogen-bond donors (Lipinski definition) is 2. The topological polar surface area (TPSA) is 116 Å². The highest BCUT2D eigenvalue weighted by atomic mass is 32.2. The number of carbonyl (C=O) groups is 1. The molecule has 1 aromatic heterocycles. The van der Waals surface area contributed by atoms with Crippen molar-refractivity contribution in [3.63, 3.8) is 0 Å². The molecule has 0 spiro atoms. The Morgan fingerprint density at radius 1 is 1.14 bits per heavy atom. The molecule has 0 aliphatic carbocycles. The van der Waals surface area contributed by atoms with Gasteiger partial charge in [-0.05, 0) is 18.2 Å². The van der Waals surface area contributed by atoms with Crippen LogP contribution in [0.1, 0.15) is 10.4 Å². The van der Waals surface area contributed by atoms with Crippen LogP contribution >= 0.6 is 0 Å². The van der Waals surface area contributed by atoms with Crippen LogP contribution in [0.25, 0.3) is 0 Å². The van der Waals surface area contributed by atoms with Gasteiger partial charge in [0.2, 0.25) is 5.88 Å². The van der Waals surface area contributed by atoms with Crippen molar-refractivity contribution >= 4 is 15.9 Å². The van der Waals surface area contributed by atoms with E-state index in [0.29, 0.717) is 0 Å². The van der Waals surface area contributed by atoms with Gasteiger partial charge in [0.25, 0.3) is 15.9 Å². The van der Waals surface area contributed by atoms with Crippen LogP contribution in [0, 0.1) is 0 Å². The Balaban J connectivity index is 2.06. The fraction of sp³-hybridized carbons (Fsp3) is 0.250. The summed E-state index contributed by atoms with van der Waals surface area (Å²) in [5, 5.41) is 0. The number of methoxy groups -OCH3 is 2. The van der Waals surface area contributed by atoms with Gasteiger partial charge in [0, 0.05) is 18.3 Å². The molecule has 0 bridgehead atoms. The lowest BCUT2D eigenvalue weighted by Crippen LogP contribution is -2.41. The second-order valence-corrected chi connectivity index (χ2v) is 7.02. The Bertz CT molecular complexity index is 965. The molecule has 2 rings (SSSR count). The Kier molecular flexibility index (Phi) is 6.87. The molecule has 9 nitrogen and oxygen atoms in total. The van der Waals surface area contributed by atoms with E-state index in [1.54, 1.807) is 0 Å². The van der Waals surface area contributed by atoms with Gasteiger partial charge in [-0.2, -0.15) is 13.2 Å². The standard InChI is InChI=1S/C16H16F3N3O6S/c1-26-11-4-5-12(27-2)13(7-11)29(24,25)22-21-15(23)10-3-6-14(20-8-10)28-9-16(17,18)19/h3-8,22H,9H2,1-2H3,(H,21,23). The van der Waals surface area contributed by atoms with Gasteiger partial charge in [-0.25, -0.2) is 13.4 Å². The quantitative estimate of drug-likeness (QED) is 0.606. The van der Waals surface area contributed by atoms with Crippen LogP contribution in [0.3, 0.4) is 0 Å². The van der Waals surface area contributed by atoms with Crippen LogP contribution < -0.4 is 24.5 Å². The number of hydrazine groups is 1. The first kappa shape index (κ1) is 22.2. The van der Waals surface area contributed by atoms with Gasteiger partial charge in [0.15, 0.2) is 6.61 Å². The third-order valence-electron chi connectivity index (χ3n) is 3.34. The summed E-state index contributed by atoms with van der Waals surface area (Å²) in [7, 11) is -1.61. The number of benzene rings is 1. The Labute approximate surface area is 163 Å². The molecule has 1 aromatic carbocycles. The fourth-order valence-electron chi connectivity index (χ4n) is 1.99. The fourth-order valence-corrected chi connectivity index (χ4v) is 3.02. The van der Waals surface area contributed by atoms with Crippen molar-refractivity contribution in [3.05, 3.63) is 42.1 Å². The molecule has 0 fully saturated rings. The van der Waals surface area contributed by atoms with Crippen molar-refractivity contribution in [3.8, 4) is 17.4 Å². The predicted octanol–water partition coefficient (Wildman–Crippen LogP) is 1.66. The Hall–Kier alpha value is -3.06. The maximum Gasteiger partial charge on any atom is 0.422 e. The number of halogens is 3. The smallest absolute Gasteiger partial charge is 0.422 e. The number of carbonyl (C=O) groups excluding carboxylic acids is 1. The van der Waals surface area contributed by atoms with Crippen LogP contribution in [-0.4, -0.2) is 46.3 Å². The van der Waals surface area contributed by atoms with E-state index in [-0.39, 0.29) is 27.8 Å². The molecular formula is C16H16F3N3O6S. The SMILES string of the molecule is COc1ccc(OC)c(S(=O)(=O)NNC(=O)c2ccc(OCC(F)(F)F)nc2)c1. The van der Waals surface area contributed by atoms with E-state index in [0.717, 1.165) is 18.3 Å². The van der Waals surface area contributed by atoms with Crippen LogP contribution in [0.2, 0.25) is 0 Å². The summed E-state index contributed by atoms with van der Waals surface area (Å²) < 4.78 is 75.6. The van der Waals surface area contributed by atoms with Crippen LogP contribution in [-0.2, 0) is 10.0 Å². The van der Waals surface area contributed by atoms with Crippen LogP contribution in [0.5, 0.6) is 17.4 Å². The van der Waals surface area contributed by atoms with Gasteiger partial charge in [-0.3, -0.25) is 10.2 Å². The molecule has 1 amide bonds. The van der Waals surface area contributed by atoms with Gasteiger partial charge in [-0.15, -0.1) is 4.83 Å². The second kappa shape index (κ2) is 8.96. The third kappa shape index (κ3) is 6.22. The number of sulfonamides is 1. The van der Waals surface area contributed by atoms with Crippen molar-refractivity contribution in [2.45, 2.75) is 11.1 Å². The molecule has 0 saturated carbocycles. The summed E-state index contributed by atoms with van der Waals surface area (Å²) in [5.74, 6) is -0.984. The largest absolute Gasteiger partial charge is 0.497 e. The van der Waals surface area contributed by atoms with E-state index in [2.05, 4.69) is 9.72 Å². The molecule has 0 aliphatic heterocycles. The number of rotatable bonds is 8. The minimum atomic E-state index is -4.53. The summed E-state index contributed by atoms with van der Waals surface area (Å²) in [6, 6.07) is 6.22. The molecule has 2 N–H and O–H groups in total. The zero-order valence-corrected chi connectivity index (χ0v) is 15.9. The first-order chi connectivity index (χ1) is 13.6. The van der Waals surface area contributed by atoms with Crippen molar-refractivity contribution in [1.82, 2.24) is 15.2 Å². The molecule has 0 unspecified atom stereocenters. The lowest BCUT2D eigenvalue weighted by atomic mass is 10.3. The average Bonchev–Trinajstić information content (AvgIpc) is 2.69. The molecular weight excluding hydrogens is 419 g/mol. The second-order valence-electron chi connectivity index (χ2n) is 5.37. The number of hydrogen-bond acceptors (Lipinski definition) is 7. The van der Waals surface area contributed by atoms with Crippen LogP contribution in [0.15, 0.2) is 41.4 Å². The predicted molar refractivity (Wildman–Crippen MR) is 93.1 cm³/mol. The summed E-state index contributed by atoms with van der Waals surface area (Å²) >= 11 is 0. The highest BCUT2D eigenvalue weighted by Gasteiger charge is 2.28. The molecule has 158 valence electrons. The van der Waals surface area contributed by atoms with Crippen molar-refractivity contribution < 1.29 is 40.6 Å². The van der Waals surface area contributed by atoms with E-state index < -0.39 is 28.7 Å². The molecule has 0 aliphatic rings. The van der Waals surface area contributed by atoms with Gasteiger partial charge in [0.05, 0.1) is 19.8 Å². The minimum Gasteiger partial charge on any atom is -0.497 e. The highest BCUT2D eigenvalue weighted by molar-refractivity contribution is 7.89. The van der Waals surface area contributed by atoms with Crippen molar-refractivity contribution in [1.29, 1.82) is 0 Å². The molecule has 0 radical (unpaired) electrons. The number of alkyl halides is 3. The lowest BCUT2D eigenvalue weighted by molar-refractivity contribution is -0.154. The van der Waals surface area contributed by atoms with E-state index in [1.165, 1.54) is 32.4 Å². The van der Waals surface area contributed by atoms with Gasteiger partial charge in [0.1, 0.15) is 16.4 Å². The Morgan fingerprint density at radius 2 is 1.86 bits per heavy atom. The summed E-state index contributed by atoms with van der Waals surface area (Å²) in [5.41, 5.74) is 1.85. The summed E-state index contributed by atoms with van der Waals surface area (Å²) in [6.07, 6.45) is -3.60. The first-order valence-electron chi connectivity index (χ1n) is 7.75. The lowest BCUT2D eigenvalue weighted by Gasteiger charge is -2.13. The molecule has 29 heavy (non-hydrogen) atoms. The third-order valence-corrected chi connectivity index (χ3v) is 4.61. The molecule has 0 atom stereocenters. The van der Waals surface area contributed by atoms with Crippen LogP contribution in [0.4, 0.5) is 13.2 Å². The van der Waals surface area contributed by atoms with Gasteiger partial charge < -0.3 is 14.2 Å². The zero-order chi connectivity index (χ0) is 21.7. The molecule has 1 heterocycles. The molecule has 13 heteroatoms. The number of pyridine rings is 1. The van der Waals surface area contributed by atoms with E-state index >= 15 is 0 Å². The normalized spacial score (nSPS) is 11.6. The number of ether oxygens (including phenoxy) is 3. The monoisotopic (exact) mass is 435 g/mol. The van der Waals surface area contributed by atoms with Gasteiger partial charge >= 0.3 is 6.18 Å². The van der Waals surface area contributed by atoms with E-state index in [1.807, 2.05) is 10.3 Å². The minimum absolute atomic E-state index is 0.0142. The van der Waals surface area contributed by atoms with Crippen molar-refractivity contribution in [2.75, 3.05) is 20.8 Å². The first-order valence-corrected chi connectivity index (χ1v) is 9.24. The maximum atomic E-state index is 12.4.